The number of Topliss-reactive ketones (excluding diaryl/α,β-unsaturated/α-hetero) is 1. The average Bonchev–Trinajstić information content (AvgIpc) is 3.11. The van der Waals surface area contributed by atoms with E-state index < -0.39 is 0 Å². The lowest BCUT2D eigenvalue weighted by atomic mass is 10.0. The zero-order valence-corrected chi connectivity index (χ0v) is 16.3. The number of carbonyl (C=O) groups excluding carboxylic acids is 1. The summed E-state index contributed by atoms with van der Waals surface area (Å²) >= 11 is 5.99. The van der Waals surface area contributed by atoms with Gasteiger partial charge in [0.2, 0.25) is 5.78 Å². The summed E-state index contributed by atoms with van der Waals surface area (Å²) in [7, 11) is 0. The summed E-state index contributed by atoms with van der Waals surface area (Å²) in [6.45, 7) is 0.667. The highest BCUT2D eigenvalue weighted by atomic mass is 35.5. The molecule has 0 amide bonds. The number of ketones is 1. The number of para-hydroxylation sites is 1. The van der Waals surface area contributed by atoms with Crippen molar-refractivity contribution in [2.45, 2.75) is 6.54 Å². The number of fused-ring (bicyclic) bond motifs is 1. The number of nitrogens with zero attached hydrogens (tertiary/aromatic N) is 2. The summed E-state index contributed by atoms with van der Waals surface area (Å²) < 4.78 is 2.12. The number of halogens is 1. The Labute approximate surface area is 174 Å². The van der Waals surface area contributed by atoms with Gasteiger partial charge < -0.3 is 4.57 Å². The first kappa shape index (κ1) is 18.7. The van der Waals surface area contributed by atoms with Crippen molar-refractivity contribution in [1.29, 1.82) is 5.26 Å². The van der Waals surface area contributed by atoms with Crippen LogP contribution in [0.1, 0.15) is 21.5 Å². The molecule has 0 saturated carbocycles. The molecule has 0 radical (unpaired) electrons. The number of rotatable bonds is 5. The van der Waals surface area contributed by atoms with E-state index in [0.717, 1.165) is 22.0 Å². The molecule has 29 heavy (non-hydrogen) atoms. The van der Waals surface area contributed by atoms with Crippen molar-refractivity contribution in [3.05, 3.63) is 112 Å². The third kappa shape index (κ3) is 3.99. The SMILES string of the molecule is N#C/C(=C\c1cn(Cc2ccc(Cl)cc2)c2ccccc12)C(=O)c1ccccc1. The highest BCUT2D eigenvalue weighted by Gasteiger charge is 2.14. The lowest BCUT2D eigenvalue weighted by Gasteiger charge is -2.05. The Bertz CT molecular complexity index is 1250. The molecule has 0 atom stereocenters. The molecule has 0 aliphatic heterocycles. The van der Waals surface area contributed by atoms with Crippen LogP contribution in [0.4, 0.5) is 0 Å². The van der Waals surface area contributed by atoms with Crippen LogP contribution >= 0.6 is 11.6 Å². The monoisotopic (exact) mass is 396 g/mol. The minimum absolute atomic E-state index is 0.116. The molecule has 4 rings (SSSR count). The topological polar surface area (TPSA) is 45.8 Å². The summed E-state index contributed by atoms with van der Waals surface area (Å²) in [5, 5.41) is 11.3. The zero-order valence-electron chi connectivity index (χ0n) is 15.5. The molecule has 1 heterocycles. The molecule has 140 valence electrons. The maximum Gasteiger partial charge on any atom is 0.203 e. The Morgan fingerprint density at radius 1 is 0.966 bits per heavy atom. The fourth-order valence-electron chi connectivity index (χ4n) is 3.36. The van der Waals surface area contributed by atoms with Gasteiger partial charge >= 0.3 is 0 Å². The predicted octanol–water partition coefficient (Wildman–Crippen LogP) is 6.13. The number of aromatic nitrogens is 1. The van der Waals surface area contributed by atoms with Crippen LogP contribution in [-0.4, -0.2) is 10.4 Å². The minimum Gasteiger partial charge on any atom is -0.342 e. The summed E-state index contributed by atoms with van der Waals surface area (Å²) in [6, 6.07) is 26.6. The van der Waals surface area contributed by atoms with Crippen LogP contribution in [0, 0.1) is 11.3 Å². The standard InChI is InChI=1S/C25H17ClN2O/c26-22-12-10-18(11-13-22)16-28-17-21(23-8-4-5-9-24(23)28)14-20(15-27)25(29)19-6-2-1-3-7-19/h1-14,17H,16H2/b20-14+. The first-order valence-corrected chi connectivity index (χ1v) is 9.57. The first-order chi connectivity index (χ1) is 14.2. The lowest BCUT2D eigenvalue weighted by molar-refractivity contribution is 0.104. The lowest BCUT2D eigenvalue weighted by Crippen LogP contribution is -2.01. The normalized spacial score (nSPS) is 11.4. The molecule has 1 aromatic heterocycles. The van der Waals surface area contributed by atoms with Gasteiger partial charge in [-0.1, -0.05) is 72.3 Å². The molecule has 0 aliphatic carbocycles. The van der Waals surface area contributed by atoms with E-state index in [9.17, 15) is 10.1 Å². The number of benzene rings is 3. The maximum atomic E-state index is 12.7. The molecular weight excluding hydrogens is 380 g/mol. The fraction of sp³-hybridized carbons (Fsp3) is 0.0400. The summed E-state index contributed by atoms with van der Waals surface area (Å²) in [5.41, 5.74) is 3.62. The molecule has 0 aliphatic rings. The molecule has 0 saturated heterocycles. The smallest absolute Gasteiger partial charge is 0.203 e. The van der Waals surface area contributed by atoms with E-state index in [2.05, 4.69) is 10.6 Å². The van der Waals surface area contributed by atoms with Crippen LogP contribution in [0.15, 0.2) is 90.6 Å². The summed E-state index contributed by atoms with van der Waals surface area (Å²) in [5.74, 6) is -0.275. The number of nitriles is 1. The van der Waals surface area contributed by atoms with Gasteiger partial charge in [0, 0.05) is 39.8 Å². The van der Waals surface area contributed by atoms with E-state index in [1.54, 1.807) is 30.3 Å². The molecule has 0 spiro atoms. The second-order valence-electron chi connectivity index (χ2n) is 6.72. The third-order valence-corrected chi connectivity index (χ3v) is 5.04. The van der Waals surface area contributed by atoms with E-state index in [1.807, 2.05) is 60.8 Å². The molecule has 0 fully saturated rings. The maximum absolute atomic E-state index is 12.7. The van der Waals surface area contributed by atoms with Gasteiger partial charge in [0.15, 0.2) is 0 Å². The largest absolute Gasteiger partial charge is 0.342 e. The van der Waals surface area contributed by atoms with Gasteiger partial charge in [-0.15, -0.1) is 0 Å². The molecule has 0 unspecified atom stereocenters. The summed E-state index contributed by atoms with van der Waals surface area (Å²) in [6.07, 6.45) is 3.66. The Kier molecular flexibility index (Phi) is 5.29. The van der Waals surface area contributed by atoms with Gasteiger partial charge in [-0.3, -0.25) is 4.79 Å². The van der Waals surface area contributed by atoms with Crippen LogP contribution in [-0.2, 0) is 6.54 Å². The van der Waals surface area contributed by atoms with Crippen molar-refractivity contribution in [2.24, 2.45) is 0 Å². The Morgan fingerprint density at radius 2 is 1.66 bits per heavy atom. The van der Waals surface area contributed by atoms with Crippen LogP contribution in [0.2, 0.25) is 5.02 Å². The van der Waals surface area contributed by atoms with Crippen LogP contribution in [0.5, 0.6) is 0 Å². The highest BCUT2D eigenvalue weighted by molar-refractivity contribution is 6.30. The molecule has 4 heteroatoms. The van der Waals surface area contributed by atoms with Crippen molar-refractivity contribution in [1.82, 2.24) is 4.57 Å². The summed E-state index contributed by atoms with van der Waals surface area (Å²) in [4.78, 5) is 12.7. The fourth-order valence-corrected chi connectivity index (χ4v) is 3.48. The molecule has 0 N–H and O–H groups in total. The number of hydrogen-bond donors (Lipinski definition) is 0. The molecule has 0 bridgehead atoms. The van der Waals surface area contributed by atoms with Gasteiger partial charge in [-0.25, -0.2) is 0 Å². The van der Waals surface area contributed by atoms with Gasteiger partial charge in [-0.2, -0.15) is 5.26 Å². The van der Waals surface area contributed by atoms with Gasteiger partial charge in [-0.05, 0) is 29.8 Å². The van der Waals surface area contributed by atoms with Gasteiger partial charge in [0.05, 0.1) is 0 Å². The van der Waals surface area contributed by atoms with Crippen LogP contribution < -0.4 is 0 Å². The average molecular weight is 397 g/mol. The van der Waals surface area contributed by atoms with Gasteiger partial charge in [0.1, 0.15) is 11.6 Å². The molecule has 3 nitrogen and oxygen atoms in total. The van der Waals surface area contributed by atoms with Crippen molar-refractivity contribution >= 4 is 34.4 Å². The van der Waals surface area contributed by atoms with Crippen LogP contribution in [0.3, 0.4) is 0 Å². The van der Waals surface area contributed by atoms with Crippen molar-refractivity contribution in [3.8, 4) is 6.07 Å². The number of allylic oxidation sites excluding steroid dienone is 1. The van der Waals surface area contributed by atoms with E-state index in [-0.39, 0.29) is 11.4 Å². The van der Waals surface area contributed by atoms with Crippen molar-refractivity contribution < 1.29 is 4.79 Å². The quantitative estimate of drug-likeness (QED) is 0.231. The van der Waals surface area contributed by atoms with E-state index >= 15 is 0 Å². The molecule has 3 aromatic carbocycles. The van der Waals surface area contributed by atoms with Crippen molar-refractivity contribution in [2.75, 3.05) is 0 Å². The van der Waals surface area contributed by atoms with Gasteiger partial charge in [0.25, 0.3) is 0 Å². The van der Waals surface area contributed by atoms with Crippen LogP contribution in [0.25, 0.3) is 17.0 Å². The third-order valence-electron chi connectivity index (χ3n) is 4.79. The zero-order chi connectivity index (χ0) is 20.2. The highest BCUT2D eigenvalue weighted by Crippen LogP contribution is 2.25. The first-order valence-electron chi connectivity index (χ1n) is 9.19. The van der Waals surface area contributed by atoms with E-state index in [4.69, 9.17) is 11.6 Å². The second-order valence-corrected chi connectivity index (χ2v) is 7.16. The minimum atomic E-state index is -0.275. The Balaban J connectivity index is 1.75. The predicted molar refractivity (Wildman–Crippen MR) is 117 cm³/mol. The molecule has 4 aromatic rings. The molecular formula is C25H17ClN2O. The Morgan fingerprint density at radius 3 is 2.38 bits per heavy atom. The van der Waals surface area contributed by atoms with E-state index in [0.29, 0.717) is 17.1 Å². The number of carbonyl (C=O) groups is 1. The number of hydrogen-bond acceptors (Lipinski definition) is 2. The second kappa shape index (κ2) is 8.18. The Hall–Kier alpha value is -3.61. The van der Waals surface area contributed by atoms with E-state index in [1.165, 1.54) is 0 Å². The van der Waals surface area contributed by atoms with Crippen molar-refractivity contribution in [3.63, 3.8) is 0 Å².